The minimum Gasteiger partial charge on any atom is -0.480 e. The maximum Gasteiger partial charge on any atom is 0.338 e. The highest BCUT2D eigenvalue weighted by atomic mass is 16.5. The van der Waals surface area contributed by atoms with E-state index in [0.717, 1.165) is 0 Å². The van der Waals surface area contributed by atoms with Gasteiger partial charge in [0, 0.05) is 0 Å². The van der Waals surface area contributed by atoms with Gasteiger partial charge >= 0.3 is 11.9 Å². The third-order valence-electron chi connectivity index (χ3n) is 2.97. The molecular weight excluding hydrogens is 346 g/mol. The van der Waals surface area contributed by atoms with Gasteiger partial charge in [-0.15, -0.1) is 0 Å². The number of hydrogen-bond donors (Lipinski definition) is 4. The molecule has 0 saturated carbocycles. The summed E-state index contributed by atoms with van der Waals surface area (Å²) < 4.78 is 4.82. The molecule has 0 bridgehead atoms. The molecule has 0 radical (unpaired) electrons. The number of rotatable bonds is 9. The van der Waals surface area contributed by atoms with Crippen LogP contribution in [0.2, 0.25) is 0 Å². The molecule has 0 aliphatic heterocycles. The number of ether oxygens (including phenoxy) is 1. The molecule has 140 valence electrons. The second-order valence-electron chi connectivity index (χ2n) is 5.12. The van der Waals surface area contributed by atoms with E-state index in [2.05, 4.69) is 16.0 Å². The van der Waals surface area contributed by atoms with Crippen molar-refractivity contribution in [3.63, 3.8) is 0 Å². The van der Waals surface area contributed by atoms with Gasteiger partial charge in [0.15, 0.2) is 6.61 Å². The summed E-state index contributed by atoms with van der Waals surface area (Å²) in [6.07, 6.45) is 0. The Morgan fingerprint density at radius 2 is 1.65 bits per heavy atom. The number of amides is 3. The van der Waals surface area contributed by atoms with Gasteiger partial charge in [-0.2, -0.15) is 0 Å². The Balaban J connectivity index is 2.30. The molecule has 0 spiro atoms. The lowest BCUT2D eigenvalue weighted by molar-refractivity contribution is -0.138. The van der Waals surface area contributed by atoms with Crippen molar-refractivity contribution in [1.82, 2.24) is 16.0 Å². The first-order chi connectivity index (χ1) is 12.3. The van der Waals surface area contributed by atoms with Gasteiger partial charge in [-0.3, -0.25) is 19.2 Å². The van der Waals surface area contributed by atoms with Crippen LogP contribution in [0, 0.1) is 0 Å². The van der Waals surface area contributed by atoms with Crippen LogP contribution in [-0.2, 0) is 23.9 Å². The summed E-state index contributed by atoms with van der Waals surface area (Å²) in [6, 6.07) is 7.11. The largest absolute Gasteiger partial charge is 0.480 e. The molecule has 10 nitrogen and oxygen atoms in total. The minimum atomic E-state index is -1.21. The zero-order chi connectivity index (χ0) is 19.5. The Morgan fingerprint density at radius 1 is 1.00 bits per heavy atom. The number of benzene rings is 1. The van der Waals surface area contributed by atoms with E-state index in [4.69, 9.17) is 9.84 Å². The van der Waals surface area contributed by atoms with Crippen molar-refractivity contribution in [3.8, 4) is 0 Å². The molecular formula is C16H19N3O7. The average molecular weight is 365 g/mol. The van der Waals surface area contributed by atoms with E-state index in [1.54, 1.807) is 18.2 Å². The molecule has 0 aromatic heterocycles. The van der Waals surface area contributed by atoms with Crippen molar-refractivity contribution in [2.24, 2.45) is 0 Å². The molecule has 10 heteroatoms. The zero-order valence-corrected chi connectivity index (χ0v) is 14.0. The summed E-state index contributed by atoms with van der Waals surface area (Å²) in [5, 5.41) is 15.0. The molecule has 1 aromatic carbocycles. The SMILES string of the molecule is C[C@@H](NC(=O)COC(=O)c1ccccc1)C(=O)NCC(=O)NCC(=O)O. The summed E-state index contributed by atoms with van der Waals surface area (Å²) >= 11 is 0. The standard InChI is InChI=1S/C16H19N3O7/c1-10(15(24)18-7-12(20)17-8-14(22)23)19-13(21)9-26-16(25)11-5-3-2-4-6-11/h2-6,10H,7-9H2,1H3,(H,17,20)(H,18,24)(H,19,21)(H,22,23)/t10-/m1/s1. The summed E-state index contributed by atoms with van der Waals surface area (Å²) in [5.41, 5.74) is 0.290. The van der Waals surface area contributed by atoms with Crippen LogP contribution < -0.4 is 16.0 Å². The lowest BCUT2D eigenvalue weighted by atomic mass is 10.2. The van der Waals surface area contributed by atoms with Gasteiger partial charge in [0.1, 0.15) is 12.6 Å². The summed E-state index contributed by atoms with van der Waals surface area (Å²) in [5.74, 6) is -3.91. The fraction of sp³-hybridized carbons (Fsp3) is 0.312. The monoisotopic (exact) mass is 365 g/mol. The van der Waals surface area contributed by atoms with Gasteiger partial charge in [0.2, 0.25) is 11.8 Å². The molecule has 1 aromatic rings. The molecule has 0 aliphatic carbocycles. The number of nitrogens with one attached hydrogen (secondary N) is 3. The van der Waals surface area contributed by atoms with E-state index in [-0.39, 0.29) is 0 Å². The first-order valence-electron chi connectivity index (χ1n) is 7.57. The van der Waals surface area contributed by atoms with E-state index in [0.29, 0.717) is 5.56 Å². The van der Waals surface area contributed by atoms with Crippen molar-refractivity contribution >= 4 is 29.7 Å². The Hall–Kier alpha value is -3.43. The van der Waals surface area contributed by atoms with E-state index in [1.165, 1.54) is 19.1 Å². The Morgan fingerprint density at radius 3 is 2.27 bits per heavy atom. The molecule has 0 fully saturated rings. The normalized spacial score (nSPS) is 11.0. The lowest BCUT2D eigenvalue weighted by Gasteiger charge is -2.14. The van der Waals surface area contributed by atoms with Crippen molar-refractivity contribution in [2.75, 3.05) is 19.7 Å². The molecule has 0 aliphatic rings. The first kappa shape index (κ1) is 20.6. The van der Waals surface area contributed by atoms with Gasteiger partial charge in [-0.1, -0.05) is 18.2 Å². The topological polar surface area (TPSA) is 151 Å². The third-order valence-corrected chi connectivity index (χ3v) is 2.97. The molecule has 1 rings (SSSR count). The second kappa shape index (κ2) is 10.4. The van der Waals surface area contributed by atoms with Gasteiger partial charge in [0.05, 0.1) is 12.1 Å². The van der Waals surface area contributed by atoms with Crippen LogP contribution in [0.5, 0.6) is 0 Å². The quantitative estimate of drug-likeness (QED) is 0.396. The molecule has 1 atom stereocenters. The maximum absolute atomic E-state index is 11.8. The molecule has 0 heterocycles. The Labute approximate surface area is 148 Å². The summed E-state index contributed by atoms with van der Waals surface area (Å²) in [6.45, 7) is -0.186. The van der Waals surface area contributed by atoms with Crippen LogP contribution in [0.4, 0.5) is 0 Å². The highest BCUT2D eigenvalue weighted by molar-refractivity contribution is 5.93. The van der Waals surface area contributed by atoms with E-state index in [9.17, 15) is 24.0 Å². The number of carboxylic acid groups (broad SMARTS) is 1. The van der Waals surface area contributed by atoms with Crippen LogP contribution >= 0.6 is 0 Å². The van der Waals surface area contributed by atoms with Crippen LogP contribution in [0.1, 0.15) is 17.3 Å². The van der Waals surface area contributed by atoms with Gasteiger partial charge in [-0.25, -0.2) is 4.79 Å². The van der Waals surface area contributed by atoms with E-state index < -0.39 is 55.4 Å². The molecule has 26 heavy (non-hydrogen) atoms. The third kappa shape index (κ3) is 7.90. The fourth-order valence-corrected chi connectivity index (χ4v) is 1.69. The molecule has 4 N–H and O–H groups in total. The Bertz CT molecular complexity index is 676. The number of carboxylic acids is 1. The first-order valence-corrected chi connectivity index (χ1v) is 7.57. The minimum absolute atomic E-state index is 0.290. The van der Waals surface area contributed by atoms with Crippen molar-refractivity contribution < 1.29 is 33.8 Å². The maximum atomic E-state index is 11.8. The van der Waals surface area contributed by atoms with Crippen LogP contribution in [0.25, 0.3) is 0 Å². The number of aliphatic carboxylic acids is 1. The number of carbonyl (C=O) groups is 5. The summed E-state index contributed by atoms with van der Waals surface area (Å²) in [4.78, 5) is 56.7. The van der Waals surface area contributed by atoms with Gasteiger partial charge in [0.25, 0.3) is 5.91 Å². The number of carbonyl (C=O) groups excluding carboxylic acids is 4. The van der Waals surface area contributed by atoms with Crippen molar-refractivity contribution in [1.29, 1.82) is 0 Å². The van der Waals surface area contributed by atoms with Gasteiger partial charge < -0.3 is 25.8 Å². The molecule has 0 saturated heterocycles. The average Bonchev–Trinajstić information content (AvgIpc) is 2.62. The number of hydrogen-bond acceptors (Lipinski definition) is 6. The predicted octanol–water partition coefficient (Wildman–Crippen LogP) is -1.33. The molecule has 0 unspecified atom stereocenters. The highest BCUT2D eigenvalue weighted by Crippen LogP contribution is 2.00. The second-order valence-corrected chi connectivity index (χ2v) is 5.12. The van der Waals surface area contributed by atoms with Crippen LogP contribution in [-0.4, -0.2) is 60.5 Å². The van der Waals surface area contributed by atoms with Crippen LogP contribution in [0.3, 0.4) is 0 Å². The fourth-order valence-electron chi connectivity index (χ4n) is 1.69. The summed E-state index contributed by atoms with van der Waals surface area (Å²) in [7, 11) is 0. The van der Waals surface area contributed by atoms with Crippen molar-refractivity contribution in [3.05, 3.63) is 35.9 Å². The van der Waals surface area contributed by atoms with E-state index >= 15 is 0 Å². The number of esters is 1. The van der Waals surface area contributed by atoms with E-state index in [1.807, 2.05) is 0 Å². The van der Waals surface area contributed by atoms with Crippen LogP contribution in [0.15, 0.2) is 30.3 Å². The smallest absolute Gasteiger partial charge is 0.338 e. The predicted molar refractivity (Wildman–Crippen MR) is 88.0 cm³/mol. The van der Waals surface area contributed by atoms with Gasteiger partial charge in [-0.05, 0) is 19.1 Å². The van der Waals surface area contributed by atoms with Crippen molar-refractivity contribution in [2.45, 2.75) is 13.0 Å². The highest BCUT2D eigenvalue weighted by Gasteiger charge is 2.17. The molecule has 3 amide bonds. The lowest BCUT2D eigenvalue weighted by Crippen LogP contribution is -2.48. The zero-order valence-electron chi connectivity index (χ0n) is 14.0. The Kier molecular flexibility index (Phi) is 8.28.